The molecule has 7 heteroatoms. The van der Waals surface area contributed by atoms with E-state index in [1.165, 1.54) is 0 Å². The van der Waals surface area contributed by atoms with Gasteiger partial charge in [0.25, 0.3) is 11.5 Å². The zero-order valence-electron chi connectivity index (χ0n) is 13.4. The van der Waals surface area contributed by atoms with Crippen molar-refractivity contribution in [1.29, 1.82) is 0 Å². The van der Waals surface area contributed by atoms with Gasteiger partial charge in [-0.05, 0) is 36.8 Å². The molecule has 0 aliphatic carbocycles. The Kier molecular flexibility index (Phi) is 5.06. The highest BCUT2D eigenvalue weighted by atomic mass is 35.5. The summed E-state index contributed by atoms with van der Waals surface area (Å²) in [5.41, 5.74) is 3.35. The fourth-order valence-corrected chi connectivity index (χ4v) is 3.19. The number of rotatable bonds is 4. The summed E-state index contributed by atoms with van der Waals surface area (Å²) in [5.74, 6) is -0.571. The van der Waals surface area contributed by atoms with Crippen LogP contribution in [0.15, 0.2) is 47.4 Å². The van der Waals surface area contributed by atoms with Crippen molar-refractivity contribution in [3.05, 3.63) is 74.1 Å². The number of nitrogens with one attached hydrogen (secondary N) is 1. The molecule has 3 aromatic rings. The van der Waals surface area contributed by atoms with Gasteiger partial charge in [-0.3, -0.25) is 15.0 Å². The van der Waals surface area contributed by atoms with E-state index in [-0.39, 0.29) is 21.2 Å². The van der Waals surface area contributed by atoms with Crippen LogP contribution in [0.3, 0.4) is 0 Å². The van der Waals surface area contributed by atoms with Crippen LogP contribution in [0.1, 0.15) is 29.3 Å². The molecule has 2 heterocycles. The van der Waals surface area contributed by atoms with Crippen LogP contribution < -0.4 is 11.0 Å². The van der Waals surface area contributed by atoms with Crippen molar-refractivity contribution in [2.75, 3.05) is 5.43 Å². The molecule has 0 bridgehead atoms. The van der Waals surface area contributed by atoms with E-state index in [2.05, 4.69) is 10.4 Å². The molecule has 2 aromatic heterocycles. The first-order chi connectivity index (χ1) is 12.0. The van der Waals surface area contributed by atoms with Crippen LogP contribution in [0.4, 0.5) is 0 Å². The Morgan fingerprint density at radius 3 is 2.60 bits per heavy atom. The second-order valence-corrected chi connectivity index (χ2v) is 6.33. The molecule has 25 heavy (non-hydrogen) atoms. The topological polar surface area (TPSA) is 64.0 Å². The first-order valence-electron chi connectivity index (χ1n) is 7.78. The lowest BCUT2D eigenvalue weighted by molar-refractivity contribution is 0.101. The third kappa shape index (κ3) is 3.38. The van der Waals surface area contributed by atoms with Crippen LogP contribution >= 0.6 is 23.2 Å². The Bertz CT molecular complexity index is 995. The normalized spacial score (nSPS) is 10.8. The summed E-state index contributed by atoms with van der Waals surface area (Å²) in [4.78, 5) is 29.6. The predicted molar refractivity (Wildman–Crippen MR) is 100 cm³/mol. The molecule has 1 amide bonds. The summed E-state index contributed by atoms with van der Waals surface area (Å²) in [6.07, 6.45) is 2.98. The minimum absolute atomic E-state index is 0.114. The van der Waals surface area contributed by atoms with Crippen LogP contribution in [0.25, 0.3) is 11.0 Å². The van der Waals surface area contributed by atoms with Gasteiger partial charge in [-0.1, -0.05) is 42.6 Å². The average molecular weight is 376 g/mol. The van der Waals surface area contributed by atoms with Crippen LogP contribution in [-0.4, -0.2) is 15.6 Å². The highest BCUT2D eigenvalue weighted by Crippen LogP contribution is 2.24. The van der Waals surface area contributed by atoms with Crippen molar-refractivity contribution < 1.29 is 4.79 Å². The number of aryl methyl sites for hydroxylation is 1. The molecule has 1 N–H and O–H groups in total. The SMILES string of the molecule is CCCc1cc2cccnc2n(NC(=O)c2c(Cl)cccc2Cl)c1=O. The summed E-state index contributed by atoms with van der Waals surface area (Å²) >= 11 is 12.2. The van der Waals surface area contributed by atoms with Crippen molar-refractivity contribution in [3.8, 4) is 0 Å². The highest BCUT2D eigenvalue weighted by Gasteiger charge is 2.17. The van der Waals surface area contributed by atoms with Gasteiger partial charge in [0.2, 0.25) is 0 Å². The Hall–Kier alpha value is -2.37. The van der Waals surface area contributed by atoms with Crippen molar-refractivity contribution in [3.63, 3.8) is 0 Å². The Morgan fingerprint density at radius 2 is 1.92 bits per heavy atom. The standard InChI is InChI=1S/C18H15Cl2N3O2/c1-2-5-12-10-11-6-4-9-21-16(11)23(18(12)25)22-17(24)15-13(19)7-3-8-14(15)20/h3-4,6-10H,2,5H2,1H3,(H,22,24). The molecule has 0 aliphatic rings. The molecule has 0 atom stereocenters. The Morgan fingerprint density at radius 1 is 1.20 bits per heavy atom. The number of benzene rings is 1. The smallest absolute Gasteiger partial charge is 0.267 e. The van der Waals surface area contributed by atoms with Crippen molar-refractivity contribution in [2.45, 2.75) is 19.8 Å². The van der Waals surface area contributed by atoms with Crippen molar-refractivity contribution in [1.82, 2.24) is 9.66 Å². The number of amides is 1. The van der Waals surface area contributed by atoms with E-state index >= 15 is 0 Å². The van der Waals surface area contributed by atoms with E-state index in [0.29, 0.717) is 17.6 Å². The van der Waals surface area contributed by atoms with Gasteiger partial charge in [-0.2, -0.15) is 4.68 Å². The minimum atomic E-state index is -0.571. The van der Waals surface area contributed by atoms with Crippen molar-refractivity contribution in [2.24, 2.45) is 0 Å². The molecule has 0 aliphatic heterocycles. The van der Waals surface area contributed by atoms with Crippen LogP contribution in [-0.2, 0) is 6.42 Å². The number of hydrogen-bond acceptors (Lipinski definition) is 3. The summed E-state index contributed by atoms with van der Waals surface area (Å²) in [5, 5.41) is 1.18. The number of hydrogen-bond donors (Lipinski definition) is 1. The Labute approximate surface area is 154 Å². The monoisotopic (exact) mass is 375 g/mol. The molecule has 128 valence electrons. The lowest BCUT2D eigenvalue weighted by Crippen LogP contribution is -2.35. The van der Waals surface area contributed by atoms with Gasteiger partial charge in [-0.25, -0.2) is 4.98 Å². The van der Waals surface area contributed by atoms with E-state index < -0.39 is 5.91 Å². The lowest BCUT2D eigenvalue weighted by atomic mass is 10.1. The van der Waals surface area contributed by atoms with Gasteiger partial charge in [0.15, 0.2) is 5.65 Å². The van der Waals surface area contributed by atoms with Gasteiger partial charge < -0.3 is 0 Å². The molecule has 5 nitrogen and oxygen atoms in total. The molecule has 0 fully saturated rings. The van der Waals surface area contributed by atoms with Gasteiger partial charge in [0, 0.05) is 17.1 Å². The molecule has 0 unspecified atom stereocenters. The van der Waals surface area contributed by atoms with E-state index in [0.717, 1.165) is 16.5 Å². The highest BCUT2D eigenvalue weighted by molar-refractivity contribution is 6.40. The molecule has 3 rings (SSSR count). The van der Waals surface area contributed by atoms with E-state index in [1.807, 2.05) is 13.0 Å². The number of fused-ring (bicyclic) bond motifs is 1. The predicted octanol–water partition coefficient (Wildman–Crippen LogP) is 4.04. The van der Waals surface area contributed by atoms with E-state index in [1.54, 1.807) is 36.5 Å². The van der Waals surface area contributed by atoms with Crippen LogP contribution in [0, 0.1) is 0 Å². The third-order valence-electron chi connectivity index (χ3n) is 3.76. The summed E-state index contributed by atoms with van der Waals surface area (Å²) < 4.78 is 1.16. The summed E-state index contributed by atoms with van der Waals surface area (Å²) in [6, 6.07) is 10.2. The second kappa shape index (κ2) is 7.25. The molecule has 1 aromatic carbocycles. The minimum Gasteiger partial charge on any atom is -0.267 e. The van der Waals surface area contributed by atoms with Gasteiger partial charge in [0.1, 0.15) is 0 Å². The third-order valence-corrected chi connectivity index (χ3v) is 4.39. The lowest BCUT2D eigenvalue weighted by Gasteiger charge is -2.14. The largest absolute Gasteiger partial charge is 0.274 e. The summed E-state index contributed by atoms with van der Waals surface area (Å²) in [6.45, 7) is 1.99. The Balaban J connectivity index is 2.13. The fourth-order valence-electron chi connectivity index (χ4n) is 2.62. The molecule has 0 spiro atoms. The zero-order chi connectivity index (χ0) is 18.0. The van der Waals surface area contributed by atoms with E-state index in [9.17, 15) is 9.59 Å². The number of carbonyl (C=O) groups excluding carboxylic acids is 1. The fraction of sp³-hybridized carbons (Fsp3) is 0.167. The maximum Gasteiger partial charge on any atom is 0.274 e. The van der Waals surface area contributed by atoms with Crippen LogP contribution in [0.2, 0.25) is 10.0 Å². The maximum atomic E-state index is 12.8. The van der Waals surface area contributed by atoms with Crippen LogP contribution in [0.5, 0.6) is 0 Å². The quantitative estimate of drug-likeness (QED) is 0.748. The molecular formula is C18H15Cl2N3O2. The molecular weight excluding hydrogens is 361 g/mol. The number of carbonyl (C=O) groups is 1. The van der Waals surface area contributed by atoms with E-state index in [4.69, 9.17) is 23.2 Å². The number of pyridine rings is 2. The summed E-state index contributed by atoms with van der Waals surface area (Å²) in [7, 11) is 0. The average Bonchev–Trinajstić information content (AvgIpc) is 2.58. The second-order valence-electron chi connectivity index (χ2n) is 5.51. The molecule has 0 saturated carbocycles. The first kappa shape index (κ1) is 17.5. The number of halogens is 2. The maximum absolute atomic E-state index is 12.8. The number of aromatic nitrogens is 2. The molecule has 0 radical (unpaired) electrons. The van der Waals surface area contributed by atoms with Gasteiger partial charge in [-0.15, -0.1) is 0 Å². The number of nitrogens with zero attached hydrogens (tertiary/aromatic N) is 2. The van der Waals surface area contributed by atoms with Gasteiger partial charge >= 0.3 is 0 Å². The van der Waals surface area contributed by atoms with Gasteiger partial charge in [0.05, 0.1) is 15.6 Å². The zero-order valence-corrected chi connectivity index (χ0v) is 14.9. The first-order valence-corrected chi connectivity index (χ1v) is 8.53. The van der Waals surface area contributed by atoms with Crippen molar-refractivity contribution >= 4 is 40.1 Å². The molecule has 0 saturated heterocycles.